The molecule has 88 valence electrons. The van der Waals surface area contributed by atoms with Crippen molar-refractivity contribution in [3.05, 3.63) is 70.2 Å². The maximum atomic E-state index is 5.88. The Morgan fingerprint density at radius 3 is 2.35 bits per heavy atom. The van der Waals surface area contributed by atoms with Gasteiger partial charge in [-0.3, -0.25) is 0 Å². The predicted octanol–water partition coefficient (Wildman–Crippen LogP) is 5.33. The first-order chi connectivity index (χ1) is 8.16. The van der Waals surface area contributed by atoms with Crippen LogP contribution in [0.15, 0.2) is 48.5 Å². The lowest BCUT2D eigenvalue weighted by Crippen LogP contribution is -1.97. The molecule has 0 aliphatic rings. The largest absolute Gasteiger partial charge is 0.0843 e. The standard InChI is InChI=1S/C15H14BrCl/c1-11-4-2-3-5-14(11)15(16)10-12-6-8-13(17)9-7-12/h2-9,15H,10H2,1H3. The minimum atomic E-state index is 0.352. The molecule has 2 aromatic carbocycles. The summed E-state index contributed by atoms with van der Waals surface area (Å²) >= 11 is 9.64. The van der Waals surface area contributed by atoms with E-state index in [2.05, 4.69) is 59.3 Å². The summed E-state index contributed by atoms with van der Waals surface area (Å²) in [7, 11) is 0. The molecule has 0 aliphatic heterocycles. The van der Waals surface area contributed by atoms with Gasteiger partial charge in [0.2, 0.25) is 0 Å². The fraction of sp³-hybridized carbons (Fsp3) is 0.200. The van der Waals surface area contributed by atoms with Crippen molar-refractivity contribution >= 4 is 27.5 Å². The van der Waals surface area contributed by atoms with Gasteiger partial charge in [-0.25, -0.2) is 0 Å². The third-order valence-electron chi connectivity index (χ3n) is 2.85. The molecule has 17 heavy (non-hydrogen) atoms. The van der Waals surface area contributed by atoms with Gasteiger partial charge in [0, 0.05) is 9.85 Å². The summed E-state index contributed by atoms with van der Waals surface area (Å²) < 4.78 is 0. The van der Waals surface area contributed by atoms with E-state index in [9.17, 15) is 0 Å². The lowest BCUT2D eigenvalue weighted by atomic mass is 10.0. The molecule has 0 radical (unpaired) electrons. The van der Waals surface area contributed by atoms with Crippen LogP contribution >= 0.6 is 27.5 Å². The Morgan fingerprint density at radius 2 is 1.71 bits per heavy atom. The molecule has 0 saturated heterocycles. The van der Waals surface area contributed by atoms with Gasteiger partial charge in [0.1, 0.15) is 0 Å². The van der Waals surface area contributed by atoms with E-state index in [1.54, 1.807) is 0 Å². The average molecular weight is 310 g/mol. The van der Waals surface area contributed by atoms with Gasteiger partial charge < -0.3 is 0 Å². The van der Waals surface area contributed by atoms with Gasteiger partial charge in [-0.1, -0.05) is 63.9 Å². The van der Waals surface area contributed by atoms with Gasteiger partial charge in [-0.15, -0.1) is 0 Å². The summed E-state index contributed by atoms with van der Waals surface area (Å²) in [5.74, 6) is 0. The van der Waals surface area contributed by atoms with E-state index in [4.69, 9.17) is 11.6 Å². The third kappa shape index (κ3) is 3.34. The Labute approximate surface area is 116 Å². The zero-order valence-corrected chi connectivity index (χ0v) is 12.0. The molecule has 0 N–H and O–H groups in total. The number of halogens is 2. The molecule has 0 amide bonds. The van der Waals surface area contributed by atoms with E-state index >= 15 is 0 Å². The molecule has 1 unspecified atom stereocenters. The minimum Gasteiger partial charge on any atom is -0.0843 e. The lowest BCUT2D eigenvalue weighted by Gasteiger charge is -2.13. The first kappa shape index (κ1) is 12.7. The molecule has 0 fully saturated rings. The summed E-state index contributed by atoms with van der Waals surface area (Å²) in [6.07, 6.45) is 0.974. The highest BCUT2D eigenvalue weighted by molar-refractivity contribution is 9.09. The molecule has 0 nitrogen and oxygen atoms in total. The second kappa shape index (κ2) is 5.70. The summed E-state index contributed by atoms with van der Waals surface area (Å²) in [5, 5.41) is 0.788. The van der Waals surface area contributed by atoms with Gasteiger partial charge in [0.25, 0.3) is 0 Å². The van der Waals surface area contributed by atoms with E-state index in [0.29, 0.717) is 4.83 Å². The Balaban J connectivity index is 2.14. The summed E-state index contributed by atoms with van der Waals surface area (Å²) in [4.78, 5) is 0.352. The third-order valence-corrected chi connectivity index (χ3v) is 3.92. The van der Waals surface area contributed by atoms with Crippen molar-refractivity contribution < 1.29 is 0 Å². The van der Waals surface area contributed by atoms with Gasteiger partial charge in [0.15, 0.2) is 0 Å². The molecule has 2 heteroatoms. The van der Waals surface area contributed by atoms with Gasteiger partial charge in [0.05, 0.1) is 0 Å². The van der Waals surface area contributed by atoms with Crippen LogP contribution in [-0.4, -0.2) is 0 Å². The van der Waals surface area contributed by atoms with Gasteiger partial charge >= 0.3 is 0 Å². The highest BCUT2D eigenvalue weighted by atomic mass is 79.9. The number of hydrogen-bond donors (Lipinski definition) is 0. The molecule has 0 aliphatic carbocycles. The van der Waals surface area contributed by atoms with Crippen molar-refractivity contribution in [2.45, 2.75) is 18.2 Å². The van der Waals surface area contributed by atoms with Crippen LogP contribution in [0.1, 0.15) is 21.5 Å². The van der Waals surface area contributed by atoms with Crippen molar-refractivity contribution in [1.82, 2.24) is 0 Å². The summed E-state index contributed by atoms with van der Waals surface area (Å²) in [6.45, 7) is 2.14. The zero-order chi connectivity index (χ0) is 12.3. The normalized spacial score (nSPS) is 12.4. The van der Waals surface area contributed by atoms with Gasteiger partial charge in [-0.2, -0.15) is 0 Å². The molecule has 0 spiro atoms. The zero-order valence-electron chi connectivity index (χ0n) is 9.66. The van der Waals surface area contributed by atoms with Crippen LogP contribution in [0.5, 0.6) is 0 Å². The fourth-order valence-electron chi connectivity index (χ4n) is 1.88. The number of benzene rings is 2. The minimum absolute atomic E-state index is 0.352. The maximum Gasteiger partial charge on any atom is 0.0438 e. The van der Waals surface area contributed by atoms with Crippen molar-refractivity contribution in [3.8, 4) is 0 Å². The second-order valence-electron chi connectivity index (χ2n) is 4.15. The SMILES string of the molecule is Cc1ccccc1C(Br)Cc1ccc(Cl)cc1. The molecule has 1 atom stereocenters. The van der Waals surface area contributed by atoms with Crippen LogP contribution in [0.2, 0.25) is 5.02 Å². The van der Waals surface area contributed by atoms with E-state index in [1.165, 1.54) is 16.7 Å². The van der Waals surface area contributed by atoms with Crippen molar-refractivity contribution in [3.63, 3.8) is 0 Å². The van der Waals surface area contributed by atoms with Crippen LogP contribution in [0.3, 0.4) is 0 Å². The number of alkyl halides is 1. The van der Waals surface area contributed by atoms with E-state index in [0.717, 1.165) is 11.4 Å². The Bertz CT molecular complexity index is 491. The van der Waals surface area contributed by atoms with Crippen molar-refractivity contribution in [2.75, 3.05) is 0 Å². The van der Waals surface area contributed by atoms with E-state index in [-0.39, 0.29) is 0 Å². The average Bonchev–Trinajstić information content (AvgIpc) is 2.32. The summed E-state index contributed by atoms with van der Waals surface area (Å²) in [6, 6.07) is 16.5. The number of rotatable bonds is 3. The van der Waals surface area contributed by atoms with E-state index in [1.807, 2.05) is 12.1 Å². The predicted molar refractivity (Wildman–Crippen MR) is 78.0 cm³/mol. The topological polar surface area (TPSA) is 0 Å². The van der Waals surface area contributed by atoms with E-state index < -0.39 is 0 Å². The molecule has 0 bridgehead atoms. The Kier molecular flexibility index (Phi) is 4.25. The Hall–Kier alpha value is -0.790. The first-order valence-electron chi connectivity index (χ1n) is 5.61. The van der Waals surface area contributed by atoms with Crippen LogP contribution in [0.25, 0.3) is 0 Å². The second-order valence-corrected chi connectivity index (χ2v) is 5.70. The molecule has 2 rings (SSSR count). The van der Waals surface area contributed by atoms with Crippen molar-refractivity contribution in [2.24, 2.45) is 0 Å². The number of aryl methyl sites for hydroxylation is 1. The molecule has 0 aromatic heterocycles. The molecule has 0 saturated carbocycles. The van der Waals surface area contributed by atoms with Crippen LogP contribution in [0.4, 0.5) is 0 Å². The molecular formula is C15H14BrCl. The number of hydrogen-bond acceptors (Lipinski definition) is 0. The van der Waals surface area contributed by atoms with Crippen LogP contribution in [-0.2, 0) is 6.42 Å². The highest BCUT2D eigenvalue weighted by Gasteiger charge is 2.10. The molecule has 2 aromatic rings. The fourth-order valence-corrected chi connectivity index (χ4v) is 2.89. The monoisotopic (exact) mass is 308 g/mol. The maximum absolute atomic E-state index is 5.88. The quantitative estimate of drug-likeness (QED) is 0.672. The van der Waals surface area contributed by atoms with Crippen LogP contribution in [0, 0.1) is 6.92 Å². The molecule has 0 heterocycles. The van der Waals surface area contributed by atoms with Crippen molar-refractivity contribution in [1.29, 1.82) is 0 Å². The summed E-state index contributed by atoms with van der Waals surface area (Å²) in [5.41, 5.74) is 3.96. The van der Waals surface area contributed by atoms with Gasteiger partial charge in [-0.05, 0) is 42.2 Å². The lowest BCUT2D eigenvalue weighted by molar-refractivity contribution is 0.938. The molecular weight excluding hydrogens is 296 g/mol. The van der Waals surface area contributed by atoms with Crippen LogP contribution < -0.4 is 0 Å². The highest BCUT2D eigenvalue weighted by Crippen LogP contribution is 2.29. The first-order valence-corrected chi connectivity index (χ1v) is 6.90. The smallest absolute Gasteiger partial charge is 0.0438 e. The Morgan fingerprint density at radius 1 is 1.06 bits per heavy atom.